The Kier molecular flexibility index (Phi) is 2.86. The van der Waals surface area contributed by atoms with Crippen molar-refractivity contribution >= 4 is 28.8 Å². The number of fused-ring (bicyclic) bond motifs is 1. The second kappa shape index (κ2) is 4.53. The number of nitrogens with zero attached hydrogens (tertiary/aromatic N) is 2. The predicted molar refractivity (Wildman–Crippen MR) is 77.9 cm³/mol. The molecule has 0 aromatic carbocycles. The van der Waals surface area contributed by atoms with Gasteiger partial charge in [-0.3, -0.25) is 9.59 Å². The second-order valence-electron chi connectivity index (χ2n) is 6.33. The highest BCUT2D eigenvalue weighted by atomic mass is 32.1. The van der Waals surface area contributed by atoms with Crippen molar-refractivity contribution in [2.75, 3.05) is 24.5 Å². The smallest absolute Gasteiger partial charge is 0.260 e. The van der Waals surface area contributed by atoms with Crippen molar-refractivity contribution in [3.8, 4) is 0 Å². The van der Waals surface area contributed by atoms with Crippen LogP contribution in [0.15, 0.2) is 16.8 Å². The van der Waals surface area contributed by atoms with Crippen LogP contribution in [0.25, 0.3) is 0 Å². The van der Waals surface area contributed by atoms with Gasteiger partial charge in [0.15, 0.2) is 5.67 Å². The van der Waals surface area contributed by atoms with Crippen LogP contribution in [0, 0.1) is 11.8 Å². The molecular formula is C15H17FN2O2S. The molecule has 112 valence electrons. The molecule has 1 aromatic heterocycles. The Labute approximate surface area is 126 Å². The summed E-state index contributed by atoms with van der Waals surface area (Å²) in [5.41, 5.74) is -0.701. The molecule has 0 bridgehead atoms. The number of rotatable bonds is 2. The first-order chi connectivity index (χ1) is 10.1. The topological polar surface area (TPSA) is 40.6 Å². The molecule has 6 heteroatoms. The Hall–Kier alpha value is -1.43. The maximum atomic E-state index is 14.2. The number of hydrogen-bond acceptors (Lipinski definition) is 3. The Morgan fingerprint density at radius 1 is 1.33 bits per heavy atom. The monoisotopic (exact) mass is 308 g/mol. The van der Waals surface area contributed by atoms with E-state index in [-0.39, 0.29) is 17.7 Å². The number of hydrogen-bond donors (Lipinski definition) is 0. The van der Waals surface area contributed by atoms with Crippen LogP contribution >= 0.6 is 11.3 Å². The molecule has 3 fully saturated rings. The average molecular weight is 308 g/mol. The van der Waals surface area contributed by atoms with E-state index in [0.717, 1.165) is 12.1 Å². The number of thiophene rings is 1. The molecule has 2 atom stereocenters. The highest BCUT2D eigenvalue weighted by Crippen LogP contribution is 2.41. The Bertz CT molecular complexity index is 585. The number of carbonyl (C=O) groups is 2. The minimum atomic E-state index is -1.64. The Morgan fingerprint density at radius 2 is 2.14 bits per heavy atom. The summed E-state index contributed by atoms with van der Waals surface area (Å²) in [6, 6.07) is 1.94. The minimum Gasteiger partial charge on any atom is -0.339 e. The fourth-order valence-electron chi connectivity index (χ4n) is 3.65. The van der Waals surface area contributed by atoms with Crippen LogP contribution in [-0.2, 0) is 9.59 Å². The molecule has 2 saturated heterocycles. The van der Waals surface area contributed by atoms with Crippen molar-refractivity contribution < 1.29 is 14.0 Å². The van der Waals surface area contributed by atoms with E-state index in [4.69, 9.17) is 0 Å². The van der Waals surface area contributed by atoms with E-state index in [0.29, 0.717) is 32.5 Å². The Morgan fingerprint density at radius 3 is 2.71 bits per heavy atom. The lowest BCUT2D eigenvalue weighted by molar-refractivity contribution is -0.149. The van der Waals surface area contributed by atoms with Crippen LogP contribution in [0.5, 0.6) is 0 Å². The molecule has 3 heterocycles. The highest BCUT2D eigenvalue weighted by Gasteiger charge is 2.53. The molecule has 3 aliphatic rings. The quantitative estimate of drug-likeness (QED) is 0.839. The van der Waals surface area contributed by atoms with Gasteiger partial charge < -0.3 is 9.80 Å². The molecule has 4 nitrogen and oxygen atoms in total. The molecule has 0 radical (unpaired) electrons. The number of alkyl halides is 1. The summed E-state index contributed by atoms with van der Waals surface area (Å²) < 4.78 is 14.2. The minimum absolute atomic E-state index is 0.0789. The lowest BCUT2D eigenvalue weighted by Crippen LogP contribution is -2.50. The van der Waals surface area contributed by atoms with Crippen molar-refractivity contribution in [3.05, 3.63) is 16.8 Å². The molecule has 4 rings (SSSR count). The third-order valence-electron chi connectivity index (χ3n) is 5.08. The molecule has 0 spiro atoms. The molecule has 0 N–H and O–H groups in total. The first-order valence-electron chi connectivity index (χ1n) is 7.40. The standard InChI is InChI=1S/C15H17FN2O2S/c16-15(3-1-4-15)14(20)17-6-10-7-18(11-2-5-21-9-11)13(19)12(10)8-17/h2,5,9-10,12H,1,3-4,6-8H2/t10-,12-/m0/s1. The maximum Gasteiger partial charge on any atom is 0.260 e. The van der Waals surface area contributed by atoms with Gasteiger partial charge in [0.25, 0.3) is 5.91 Å². The summed E-state index contributed by atoms with van der Waals surface area (Å²) in [6.45, 7) is 1.54. The van der Waals surface area contributed by atoms with Crippen LogP contribution in [0.2, 0.25) is 0 Å². The van der Waals surface area contributed by atoms with E-state index in [1.165, 1.54) is 0 Å². The van der Waals surface area contributed by atoms with E-state index < -0.39 is 11.6 Å². The van der Waals surface area contributed by atoms with Gasteiger partial charge in [0.05, 0.1) is 11.6 Å². The van der Waals surface area contributed by atoms with E-state index in [1.54, 1.807) is 16.2 Å². The van der Waals surface area contributed by atoms with Crippen molar-refractivity contribution in [2.24, 2.45) is 11.8 Å². The van der Waals surface area contributed by atoms with Gasteiger partial charge in [0.1, 0.15) is 0 Å². The van der Waals surface area contributed by atoms with E-state index in [1.807, 2.05) is 21.7 Å². The van der Waals surface area contributed by atoms with Gasteiger partial charge in [-0.15, -0.1) is 0 Å². The van der Waals surface area contributed by atoms with Crippen LogP contribution < -0.4 is 4.90 Å². The van der Waals surface area contributed by atoms with E-state index >= 15 is 0 Å². The molecule has 1 saturated carbocycles. The van der Waals surface area contributed by atoms with Gasteiger partial charge in [-0.05, 0) is 30.7 Å². The zero-order chi connectivity index (χ0) is 14.6. The van der Waals surface area contributed by atoms with Gasteiger partial charge in [0, 0.05) is 30.9 Å². The molecule has 2 aliphatic heterocycles. The Balaban J connectivity index is 1.47. The maximum absolute atomic E-state index is 14.2. The summed E-state index contributed by atoms with van der Waals surface area (Å²) in [6.07, 6.45) is 1.47. The van der Waals surface area contributed by atoms with Crippen molar-refractivity contribution in [1.29, 1.82) is 0 Å². The summed E-state index contributed by atoms with van der Waals surface area (Å²) in [5, 5.41) is 3.92. The first-order valence-corrected chi connectivity index (χ1v) is 8.35. The number of anilines is 1. The molecule has 1 aromatic rings. The van der Waals surface area contributed by atoms with Gasteiger partial charge in [-0.2, -0.15) is 11.3 Å². The molecule has 0 unspecified atom stereocenters. The zero-order valence-corrected chi connectivity index (χ0v) is 12.4. The molecular weight excluding hydrogens is 291 g/mol. The first kappa shape index (κ1) is 13.2. The van der Waals surface area contributed by atoms with Crippen LogP contribution in [0.1, 0.15) is 19.3 Å². The highest BCUT2D eigenvalue weighted by molar-refractivity contribution is 7.08. The fourth-order valence-corrected chi connectivity index (χ4v) is 4.30. The number of amides is 2. The zero-order valence-electron chi connectivity index (χ0n) is 11.6. The molecule has 1 aliphatic carbocycles. The van der Waals surface area contributed by atoms with Crippen LogP contribution in [0.4, 0.5) is 10.1 Å². The third-order valence-corrected chi connectivity index (χ3v) is 5.75. The van der Waals surface area contributed by atoms with Crippen LogP contribution in [0.3, 0.4) is 0 Å². The lowest BCUT2D eigenvalue weighted by Gasteiger charge is -2.36. The summed E-state index contributed by atoms with van der Waals surface area (Å²) in [7, 11) is 0. The number of halogens is 1. The number of likely N-dealkylation sites (tertiary alicyclic amines) is 1. The van der Waals surface area contributed by atoms with Crippen LogP contribution in [-0.4, -0.2) is 42.0 Å². The van der Waals surface area contributed by atoms with Gasteiger partial charge in [-0.25, -0.2) is 4.39 Å². The van der Waals surface area contributed by atoms with Crippen molar-refractivity contribution in [2.45, 2.75) is 24.9 Å². The summed E-state index contributed by atoms with van der Waals surface area (Å²) in [4.78, 5) is 28.1. The lowest BCUT2D eigenvalue weighted by atomic mass is 9.81. The second-order valence-corrected chi connectivity index (χ2v) is 7.11. The van der Waals surface area contributed by atoms with Gasteiger partial charge in [-0.1, -0.05) is 0 Å². The van der Waals surface area contributed by atoms with Gasteiger partial charge >= 0.3 is 0 Å². The third kappa shape index (κ3) is 1.92. The largest absolute Gasteiger partial charge is 0.339 e. The number of carbonyl (C=O) groups excluding carboxylic acids is 2. The fraction of sp³-hybridized carbons (Fsp3) is 0.600. The summed E-state index contributed by atoms with van der Waals surface area (Å²) >= 11 is 1.57. The van der Waals surface area contributed by atoms with Crippen molar-refractivity contribution in [1.82, 2.24) is 4.90 Å². The molecule has 2 amide bonds. The van der Waals surface area contributed by atoms with E-state index in [2.05, 4.69) is 0 Å². The van der Waals surface area contributed by atoms with Gasteiger partial charge in [0.2, 0.25) is 5.91 Å². The van der Waals surface area contributed by atoms with E-state index in [9.17, 15) is 14.0 Å². The van der Waals surface area contributed by atoms with Crippen molar-refractivity contribution in [3.63, 3.8) is 0 Å². The predicted octanol–water partition coefficient (Wildman–Crippen LogP) is 2.06. The normalized spacial score (nSPS) is 30.4. The average Bonchev–Trinajstić information content (AvgIpc) is 3.12. The summed E-state index contributed by atoms with van der Waals surface area (Å²) in [5.74, 6) is -0.323. The SMILES string of the molecule is O=C1[C@H]2CN(C(=O)C3(F)CCC3)C[C@H]2CN1c1ccsc1. The molecule has 21 heavy (non-hydrogen) atoms.